The van der Waals surface area contributed by atoms with Gasteiger partial charge in [0.15, 0.2) is 5.82 Å². The predicted molar refractivity (Wildman–Crippen MR) is 79.6 cm³/mol. The summed E-state index contributed by atoms with van der Waals surface area (Å²) in [5, 5.41) is 5.37. The Bertz CT molecular complexity index is 743. The number of thiophene rings is 1. The number of rotatable bonds is 3. The van der Waals surface area contributed by atoms with Crippen molar-refractivity contribution >= 4 is 39.3 Å². The number of fused-ring (bicyclic) bond motifs is 1. The molecule has 0 aliphatic carbocycles. The predicted octanol–water partition coefficient (Wildman–Crippen LogP) is 1.49. The smallest absolute Gasteiger partial charge is 0.325 e. The Morgan fingerprint density at radius 1 is 1.43 bits per heavy atom. The maximum atomic E-state index is 12.3. The minimum Gasteiger partial charge on any atom is -0.383 e. The first kappa shape index (κ1) is 13.7. The summed E-state index contributed by atoms with van der Waals surface area (Å²) in [7, 11) is 0. The Morgan fingerprint density at radius 2 is 2.19 bits per heavy atom. The molecule has 1 unspecified atom stereocenters. The lowest BCUT2D eigenvalue weighted by Gasteiger charge is -2.18. The minimum atomic E-state index is -0.852. The van der Waals surface area contributed by atoms with Crippen LogP contribution in [0.5, 0.6) is 0 Å². The lowest BCUT2D eigenvalue weighted by atomic mass is 9.99. The van der Waals surface area contributed by atoms with Crippen molar-refractivity contribution in [3.8, 4) is 0 Å². The average Bonchev–Trinajstić information content (AvgIpc) is 2.99. The SMILES string of the molecule is CCC1(C)NC(=O)N(Cc2nc(N)c3ccsc3n2)C1=O. The van der Waals surface area contributed by atoms with Crippen LogP contribution in [-0.2, 0) is 11.3 Å². The van der Waals surface area contributed by atoms with Gasteiger partial charge in [-0.2, -0.15) is 0 Å². The van der Waals surface area contributed by atoms with Crippen LogP contribution in [0.4, 0.5) is 10.6 Å². The Balaban J connectivity index is 1.92. The molecule has 1 fully saturated rings. The summed E-state index contributed by atoms with van der Waals surface area (Å²) < 4.78 is 0. The van der Waals surface area contributed by atoms with Gasteiger partial charge in [-0.25, -0.2) is 14.8 Å². The number of carbonyl (C=O) groups is 2. The summed E-state index contributed by atoms with van der Waals surface area (Å²) in [5.41, 5.74) is 5.02. The molecular formula is C13H15N5O2S. The van der Waals surface area contributed by atoms with Gasteiger partial charge in [0.1, 0.15) is 16.2 Å². The number of imide groups is 1. The second-order valence-corrected chi connectivity index (χ2v) is 6.07. The molecule has 3 amide bonds. The first-order valence-electron chi connectivity index (χ1n) is 6.58. The lowest BCUT2D eigenvalue weighted by molar-refractivity contribution is -0.131. The van der Waals surface area contributed by atoms with Gasteiger partial charge >= 0.3 is 6.03 Å². The number of hydrogen-bond donors (Lipinski definition) is 2. The first-order chi connectivity index (χ1) is 9.94. The maximum absolute atomic E-state index is 12.3. The van der Waals surface area contributed by atoms with E-state index in [1.807, 2.05) is 18.4 Å². The molecule has 0 radical (unpaired) electrons. The van der Waals surface area contributed by atoms with Gasteiger partial charge in [-0.1, -0.05) is 6.92 Å². The monoisotopic (exact) mass is 305 g/mol. The molecule has 8 heteroatoms. The number of aromatic nitrogens is 2. The van der Waals surface area contributed by atoms with Gasteiger partial charge in [0, 0.05) is 0 Å². The minimum absolute atomic E-state index is 0.0261. The third kappa shape index (κ3) is 2.11. The highest BCUT2D eigenvalue weighted by Crippen LogP contribution is 2.25. The summed E-state index contributed by atoms with van der Waals surface area (Å²) >= 11 is 1.44. The van der Waals surface area contributed by atoms with Crippen LogP contribution in [0.1, 0.15) is 26.1 Å². The zero-order valence-corrected chi connectivity index (χ0v) is 12.5. The molecule has 21 heavy (non-hydrogen) atoms. The van der Waals surface area contributed by atoms with E-state index in [1.165, 1.54) is 11.3 Å². The number of nitrogens with one attached hydrogen (secondary N) is 1. The van der Waals surface area contributed by atoms with Gasteiger partial charge in [0.05, 0.1) is 11.9 Å². The second-order valence-electron chi connectivity index (χ2n) is 5.17. The fourth-order valence-corrected chi connectivity index (χ4v) is 3.06. The highest BCUT2D eigenvalue weighted by molar-refractivity contribution is 7.16. The zero-order chi connectivity index (χ0) is 15.2. The van der Waals surface area contributed by atoms with E-state index in [4.69, 9.17) is 5.73 Å². The summed E-state index contributed by atoms with van der Waals surface area (Å²) in [6.07, 6.45) is 0.529. The van der Waals surface area contributed by atoms with Crippen LogP contribution in [0, 0.1) is 0 Å². The third-order valence-corrected chi connectivity index (χ3v) is 4.56. The van der Waals surface area contributed by atoms with Gasteiger partial charge < -0.3 is 11.1 Å². The largest absolute Gasteiger partial charge is 0.383 e. The van der Waals surface area contributed by atoms with Crippen molar-refractivity contribution < 1.29 is 9.59 Å². The summed E-state index contributed by atoms with van der Waals surface area (Å²) in [6.45, 7) is 3.59. The van der Waals surface area contributed by atoms with E-state index in [-0.39, 0.29) is 12.5 Å². The van der Waals surface area contributed by atoms with E-state index in [0.29, 0.717) is 18.1 Å². The maximum Gasteiger partial charge on any atom is 0.325 e. The number of carbonyl (C=O) groups excluding carboxylic acids is 2. The van der Waals surface area contributed by atoms with Gasteiger partial charge in [-0.05, 0) is 24.8 Å². The first-order valence-corrected chi connectivity index (χ1v) is 7.46. The second kappa shape index (κ2) is 4.66. The van der Waals surface area contributed by atoms with Gasteiger partial charge in [0.2, 0.25) is 0 Å². The highest BCUT2D eigenvalue weighted by Gasteiger charge is 2.46. The molecule has 1 atom stereocenters. The van der Waals surface area contributed by atoms with Crippen LogP contribution in [0.3, 0.4) is 0 Å². The Labute approximate surface area is 125 Å². The molecule has 1 saturated heterocycles. The van der Waals surface area contributed by atoms with Crippen molar-refractivity contribution in [2.75, 3.05) is 5.73 Å². The van der Waals surface area contributed by atoms with Crippen molar-refractivity contribution in [1.82, 2.24) is 20.2 Å². The topological polar surface area (TPSA) is 101 Å². The molecule has 2 aromatic heterocycles. The number of anilines is 1. The van der Waals surface area contributed by atoms with Crippen molar-refractivity contribution in [2.45, 2.75) is 32.4 Å². The van der Waals surface area contributed by atoms with Crippen molar-refractivity contribution in [1.29, 1.82) is 0 Å². The van der Waals surface area contributed by atoms with E-state index in [9.17, 15) is 9.59 Å². The van der Waals surface area contributed by atoms with Gasteiger partial charge in [-0.3, -0.25) is 9.69 Å². The molecule has 7 nitrogen and oxygen atoms in total. The van der Waals surface area contributed by atoms with Crippen LogP contribution in [-0.4, -0.2) is 32.3 Å². The molecule has 1 aliphatic rings. The summed E-state index contributed by atoms with van der Waals surface area (Å²) in [4.78, 5) is 34.7. The van der Waals surface area contributed by atoms with Crippen molar-refractivity contribution in [3.05, 3.63) is 17.3 Å². The number of urea groups is 1. The standard InChI is InChI=1S/C13H15N5O2S/c1-3-13(2)11(19)18(12(20)17-13)6-8-15-9(14)7-4-5-21-10(7)16-8/h4-5H,3,6H2,1-2H3,(H,17,20)(H2,14,15,16). The van der Waals surface area contributed by atoms with Crippen LogP contribution in [0.2, 0.25) is 0 Å². The van der Waals surface area contributed by atoms with E-state index < -0.39 is 11.6 Å². The highest BCUT2D eigenvalue weighted by atomic mass is 32.1. The fraction of sp³-hybridized carbons (Fsp3) is 0.385. The van der Waals surface area contributed by atoms with Crippen LogP contribution in [0.15, 0.2) is 11.4 Å². The van der Waals surface area contributed by atoms with Crippen molar-refractivity contribution in [3.63, 3.8) is 0 Å². The van der Waals surface area contributed by atoms with E-state index in [1.54, 1.807) is 6.92 Å². The average molecular weight is 305 g/mol. The van der Waals surface area contributed by atoms with Gasteiger partial charge in [0.25, 0.3) is 5.91 Å². The fourth-order valence-electron chi connectivity index (χ4n) is 2.27. The Hall–Kier alpha value is -2.22. The van der Waals surface area contributed by atoms with E-state index in [2.05, 4.69) is 15.3 Å². The Kier molecular flexibility index (Phi) is 3.05. The van der Waals surface area contributed by atoms with Crippen LogP contribution >= 0.6 is 11.3 Å². The molecule has 0 aromatic carbocycles. The number of nitrogens with two attached hydrogens (primary N) is 1. The number of nitrogen functional groups attached to an aromatic ring is 1. The molecule has 3 N–H and O–H groups in total. The quantitative estimate of drug-likeness (QED) is 0.837. The molecule has 0 spiro atoms. The Morgan fingerprint density at radius 3 is 2.86 bits per heavy atom. The van der Waals surface area contributed by atoms with Crippen LogP contribution < -0.4 is 11.1 Å². The van der Waals surface area contributed by atoms with Crippen LogP contribution in [0.25, 0.3) is 10.2 Å². The number of hydrogen-bond acceptors (Lipinski definition) is 6. The molecule has 2 aromatic rings. The van der Waals surface area contributed by atoms with Crippen molar-refractivity contribution in [2.24, 2.45) is 0 Å². The molecule has 110 valence electrons. The van der Waals surface area contributed by atoms with E-state index in [0.717, 1.165) is 15.1 Å². The molecule has 1 aliphatic heterocycles. The normalized spacial score (nSPS) is 22.1. The number of nitrogens with zero attached hydrogens (tertiary/aromatic N) is 3. The molecular weight excluding hydrogens is 290 g/mol. The zero-order valence-electron chi connectivity index (χ0n) is 11.7. The molecule has 3 heterocycles. The lowest BCUT2D eigenvalue weighted by Crippen LogP contribution is -2.43. The van der Waals surface area contributed by atoms with Gasteiger partial charge in [-0.15, -0.1) is 11.3 Å². The summed E-state index contributed by atoms with van der Waals surface area (Å²) in [6, 6.07) is 1.43. The number of amides is 3. The molecule has 3 rings (SSSR count). The summed E-state index contributed by atoms with van der Waals surface area (Å²) in [5.74, 6) is 0.469. The molecule has 0 saturated carbocycles. The third-order valence-electron chi connectivity index (χ3n) is 3.75. The van der Waals surface area contributed by atoms with E-state index >= 15 is 0 Å². The molecule has 0 bridgehead atoms.